The predicted octanol–water partition coefficient (Wildman–Crippen LogP) is 3.21. The molecule has 4 nitrogen and oxygen atoms in total. The second-order valence-electron chi connectivity index (χ2n) is 6.80. The summed E-state index contributed by atoms with van der Waals surface area (Å²) in [4.78, 5) is 18.4. The molecule has 1 N–H and O–H groups in total. The Labute approximate surface area is 143 Å². The molecular formula is C18H27N3OS. The van der Waals surface area contributed by atoms with Crippen LogP contribution in [-0.2, 0) is 0 Å². The molecule has 1 aromatic carbocycles. The summed E-state index contributed by atoms with van der Waals surface area (Å²) in [6.45, 7) is 5.13. The Morgan fingerprint density at radius 2 is 1.96 bits per heavy atom. The number of urea groups is 1. The Balaban J connectivity index is 1.61. The van der Waals surface area contributed by atoms with Gasteiger partial charge in [0.25, 0.3) is 0 Å². The molecule has 2 amide bonds. The number of likely N-dealkylation sites (N-methyl/N-ethyl adjacent to an activating group) is 1. The Morgan fingerprint density at radius 3 is 2.65 bits per heavy atom. The summed E-state index contributed by atoms with van der Waals surface area (Å²) in [5, 5.41) is 3.19. The number of likely N-dealkylation sites (tertiary alicyclic amines) is 2. The highest BCUT2D eigenvalue weighted by Crippen LogP contribution is 2.31. The molecule has 0 bridgehead atoms. The van der Waals surface area contributed by atoms with Crippen LogP contribution in [0.4, 0.5) is 4.79 Å². The van der Waals surface area contributed by atoms with Gasteiger partial charge in [-0.2, -0.15) is 0 Å². The molecule has 3 atom stereocenters. The lowest BCUT2D eigenvalue weighted by Gasteiger charge is -2.37. The quantitative estimate of drug-likeness (QED) is 0.863. The van der Waals surface area contributed by atoms with Crippen LogP contribution >= 0.6 is 11.8 Å². The first-order chi connectivity index (χ1) is 11.1. The van der Waals surface area contributed by atoms with E-state index in [1.807, 2.05) is 0 Å². The maximum absolute atomic E-state index is 12.7. The van der Waals surface area contributed by atoms with Crippen molar-refractivity contribution in [2.45, 2.75) is 36.7 Å². The minimum absolute atomic E-state index is 0.0405. The van der Waals surface area contributed by atoms with E-state index in [4.69, 9.17) is 0 Å². The monoisotopic (exact) mass is 333 g/mol. The van der Waals surface area contributed by atoms with E-state index in [1.54, 1.807) is 11.8 Å². The van der Waals surface area contributed by atoms with Crippen molar-refractivity contribution in [3.8, 4) is 0 Å². The van der Waals surface area contributed by atoms with Gasteiger partial charge in [-0.05, 0) is 63.2 Å². The molecule has 2 heterocycles. The number of nitrogens with zero attached hydrogens (tertiary/aromatic N) is 2. The zero-order valence-corrected chi connectivity index (χ0v) is 15.1. The second-order valence-corrected chi connectivity index (χ2v) is 7.68. The molecule has 0 aromatic heterocycles. The van der Waals surface area contributed by atoms with Gasteiger partial charge >= 0.3 is 6.03 Å². The van der Waals surface area contributed by atoms with Crippen LogP contribution in [0.25, 0.3) is 0 Å². The van der Waals surface area contributed by atoms with Gasteiger partial charge in [-0.1, -0.05) is 12.1 Å². The molecule has 0 aliphatic carbocycles. The number of thioether (sulfide) groups is 1. The minimum atomic E-state index is 0.0405. The van der Waals surface area contributed by atoms with E-state index in [1.165, 1.54) is 11.3 Å². The summed E-state index contributed by atoms with van der Waals surface area (Å²) in [7, 11) is 2.15. The van der Waals surface area contributed by atoms with E-state index in [9.17, 15) is 4.79 Å². The molecule has 2 saturated heterocycles. The highest BCUT2D eigenvalue weighted by Gasteiger charge is 2.39. The lowest BCUT2D eigenvalue weighted by Crippen LogP contribution is -2.51. The highest BCUT2D eigenvalue weighted by molar-refractivity contribution is 7.98. The Morgan fingerprint density at radius 1 is 1.26 bits per heavy atom. The summed E-state index contributed by atoms with van der Waals surface area (Å²) < 4.78 is 0. The number of carbonyl (C=O) groups excluding carboxylic acids is 1. The van der Waals surface area contributed by atoms with Crippen molar-refractivity contribution in [3.63, 3.8) is 0 Å². The molecule has 1 aromatic rings. The summed E-state index contributed by atoms with van der Waals surface area (Å²) in [6, 6.07) is 8.97. The van der Waals surface area contributed by atoms with Crippen LogP contribution in [-0.4, -0.2) is 54.8 Å². The molecule has 2 aliphatic heterocycles. The first kappa shape index (κ1) is 16.7. The fourth-order valence-electron chi connectivity index (χ4n) is 3.79. The van der Waals surface area contributed by atoms with Gasteiger partial charge in [0.1, 0.15) is 0 Å². The number of piperidine rings is 1. The van der Waals surface area contributed by atoms with Gasteiger partial charge in [-0.15, -0.1) is 11.8 Å². The maximum Gasteiger partial charge on any atom is 0.318 e. The van der Waals surface area contributed by atoms with Crippen LogP contribution in [0.2, 0.25) is 0 Å². The summed E-state index contributed by atoms with van der Waals surface area (Å²) in [6.07, 6.45) is 4.45. The fourth-order valence-corrected chi connectivity index (χ4v) is 4.20. The van der Waals surface area contributed by atoms with Crippen molar-refractivity contribution >= 4 is 17.8 Å². The third-order valence-electron chi connectivity index (χ3n) is 5.28. The van der Waals surface area contributed by atoms with Gasteiger partial charge in [0.05, 0.1) is 6.04 Å². The third kappa shape index (κ3) is 3.66. The minimum Gasteiger partial charge on any atom is -0.331 e. The average molecular weight is 334 g/mol. The first-order valence-electron chi connectivity index (χ1n) is 8.48. The zero-order chi connectivity index (χ0) is 16.4. The van der Waals surface area contributed by atoms with E-state index in [0.29, 0.717) is 12.0 Å². The van der Waals surface area contributed by atoms with Crippen LogP contribution in [0.15, 0.2) is 29.2 Å². The van der Waals surface area contributed by atoms with E-state index in [2.05, 4.69) is 59.6 Å². The average Bonchev–Trinajstić information content (AvgIpc) is 2.98. The Bertz CT molecular complexity index is 548. The first-order valence-corrected chi connectivity index (χ1v) is 9.70. The standard InChI is InChI=1S/C18H27N3OS/c1-13(14-4-6-16(23-3)7-5-14)19-18(22)21-11-9-15-8-10-20(2)12-17(15)21/h4-7,13,15,17H,8-12H2,1-3H3,(H,19,22)/t13-,15?,17?/m1/s1. The van der Waals surface area contributed by atoms with E-state index < -0.39 is 0 Å². The zero-order valence-electron chi connectivity index (χ0n) is 14.3. The molecule has 23 heavy (non-hydrogen) atoms. The van der Waals surface area contributed by atoms with Crippen LogP contribution < -0.4 is 5.32 Å². The number of rotatable bonds is 3. The molecule has 2 aliphatic rings. The maximum atomic E-state index is 12.7. The van der Waals surface area contributed by atoms with E-state index >= 15 is 0 Å². The second kappa shape index (κ2) is 7.14. The van der Waals surface area contributed by atoms with Crippen molar-refractivity contribution in [3.05, 3.63) is 29.8 Å². The van der Waals surface area contributed by atoms with Gasteiger partial charge in [0, 0.05) is 24.0 Å². The van der Waals surface area contributed by atoms with Crippen molar-refractivity contribution in [1.29, 1.82) is 0 Å². The molecule has 2 unspecified atom stereocenters. The van der Waals surface area contributed by atoms with Crippen LogP contribution in [0.3, 0.4) is 0 Å². The van der Waals surface area contributed by atoms with Gasteiger partial charge in [0.2, 0.25) is 0 Å². The normalized spacial score (nSPS) is 26.0. The highest BCUT2D eigenvalue weighted by atomic mass is 32.2. The van der Waals surface area contributed by atoms with Crippen molar-refractivity contribution in [1.82, 2.24) is 15.1 Å². The lowest BCUT2D eigenvalue weighted by molar-refractivity contribution is 0.129. The van der Waals surface area contributed by atoms with E-state index in [-0.39, 0.29) is 12.1 Å². The number of hydrogen-bond donors (Lipinski definition) is 1. The number of nitrogens with one attached hydrogen (secondary N) is 1. The topological polar surface area (TPSA) is 35.6 Å². The van der Waals surface area contributed by atoms with Crippen LogP contribution in [0.1, 0.15) is 31.4 Å². The molecule has 3 rings (SSSR count). The van der Waals surface area contributed by atoms with Crippen molar-refractivity contribution in [2.24, 2.45) is 5.92 Å². The molecule has 2 fully saturated rings. The Kier molecular flexibility index (Phi) is 5.17. The van der Waals surface area contributed by atoms with Crippen molar-refractivity contribution in [2.75, 3.05) is 32.9 Å². The lowest BCUT2D eigenvalue weighted by atomic mass is 9.92. The molecule has 0 radical (unpaired) electrons. The molecular weight excluding hydrogens is 306 g/mol. The van der Waals surface area contributed by atoms with Gasteiger partial charge in [0.15, 0.2) is 0 Å². The number of amides is 2. The summed E-state index contributed by atoms with van der Waals surface area (Å²) in [5.41, 5.74) is 1.16. The SMILES string of the molecule is CSc1ccc([C@@H](C)NC(=O)N2CCC3CCN(C)CC32)cc1. The van der Waals surface area contributed by atoms with Crippen molar-refractivity contribution < 1.29 is 4.79 Å². The van der Waals surface area contributed by atoms with Gasteiger partial charge in [-0.3, -0.25) is 0 Å². The summed E-state index contributed by atoms with van der Waals surface area (Å²) in [5.74, 6) is 0.688. The van der Waals surface area contributed by atoms with E-state index in [0.717, 1.165) is 31.6 Å². The number of benzene rings is 1. The van der Waals surface area contributed by atoms with Gasteiger partial charge in [-0.25, -0.2) is 4.79 Å². The largest absolute Gasteiger partial charge is 0.331 e. The van der Waals surface area contributed by atoms with Gasteiger partial charge < -0.3 is 15.1 Å². The Hall–Kier alpha value is -1.20. The fraction of sp³-hybridized carbons (Fsp3) is 0.611. The summed E-state index contributed by atoms with van der Waals surface area (Å²) >= 11 is 1.74. The van der Waals surface area contributed by atoms with Crippen LogP contribution in [0.5, 0.6) is 0 Å². The molecule has 0 spiro atoms. The predicted molar refractivity (Wildman–Crippen MR) is 95.9 cm³/mol. The molecule has 0 saturated carbocycles. The smallest absolute Gasteiger partial charge is 0.318 e. The van der Waals surface area contributed by atoms with Crippen LogP contribution in [0, 0.1) is 5.92 Å². The molecule has 5 heteroatoms. The number of fused-ring (bicyclic) bond motifs is 1. The molecule has 126 valence electrons. The third-order valence-corrected chi connectivity index (χ3v) is 6.03. The number of hydrogen-bond acceptors (Lipinski definition) is 3. The number of carbonyl (C=O) groups is 1.